The van der Waals surface area contributed by atoms with Crippen molar-refractivity contribution >= 4 is 17.8 Å². The Balaban J connectivity index is 1.62. The van der Waals surface area contributed by atoms with Gasteiger partial charge in [0.1, 0.15) is 6.04 Å². The largest absolute Gasteiger partial charge is 0.480 e. The van der Waals surface area contributed by atoms with E-state index in [4.69, 9.17) is 9.84 Å². The normalized spacial score (nSPS) is 22.5. The highest BCUT2D eigenvalue weighted by Crippen LogP contribution is 2.23. The number of amides is 2. The van der Waals surface area contributed by atoms with E-state index in [-0.39, 0.29) is 24.5 Å². The number of aliphatic carboxylic acids is 1. The van der Waals surface area contributed by atoms with Gasteiger partial charge in [0.2, 0.25) is 5.91 Å². The minimum absolute atomic E-state index is 0.0454. The van der Waals surface area contributed by atoms with Gasteiger partial charge in [-0.05, 0) is 32.0 Å². The quantitative estimate of drug-likeness (QED) is 0.764. The Morgan fingerprint density at radius 1 is 1.21 bits per heavy atom. The fourth-order valence-electron chi connectivity index (χ4n) is 3.90. The number of carbonyl (C=O) groups excluding carboxylic acids is 2. The summed E-state index contributed by atoms with van der Waals surface area (Å²) >= 11 is 0. The number of hydrogen-bond acceptors (Lipinski definition) is 5. The third-order valence-electron chi connectivity index (χ3n) is 5.19. The summed E-state index contributed by atoms with van der Waals surface area (Å²) in [5.74, 6) is -1.05. The molecule has 2 amide bonds. The predicted molar refractivity (Wildman–Crippen MR) is 102 cm³/mol. The lowest BCUT2D eigenvalue weighted by Gasteiger charge is -2.37. The number of likely N-dealkylation sites (tertiary alicyclic amines) is 1. The topological polar surface area (TPSA) is 90.4 Å². The van der Waals surface area contributed by atoms with Gasteiger partial charge in [-0.25, -0.2) is 0 Å². The van der Waals surface area contributed by atoms with Crippen LogP contribution in [0.15, 0.2) is 30.3 Å². The van der Waals surface area contributed by atoms with Gasteiger partial charge >= 0.3 is 5.97 Å². The summed E-state index contributed by atoms with van der Waals surface area (Å²) in [5.41, 5.74) is 0.595. The number of morpholine rings is 1. The molecule has 28 heavy (non-hydrogen) atoms. The molecule has 0 spiro atoms. The van der Waals surface area contributed by atoms with Gasteiger partial charge in [0.15, 0.2) is 0 Å². The van der Waals surface area contributed by atoms with Crippen molar-refractivity contribution in [3.63, 3.8) is 0 Å². The van der Waals surface area contributed by atoms with Crippen LogP contribution in [0, 0.1) is 0 Å². The maximum atomic E-state index is 13.1. The summed E-state index contributed by atoms with van der Waals surface area (Å²) in [6.07, 6.45) is 1.24. The monoisotopic (exact) mass is 389 g/mol. The first-order valence-corrected chi connectivity index (χ1v) is 9.62. The Kier molecular flexibility index (Phi) is 6.64. The molecule has 1 N–H and O–H groups in total. The molecule has 2 heterocycles. The predicted octanol–water partition coefficient (Wildman–Crippen LogP) is 0.535. The standard InChI is InChI=1S/C20H27N3O5/c1-21(14-18(24)25)12-16-13-22(10-11-28-16)20(27)17-8-5-9-23(17)19(26)15-6-3-2-4-7-15/h2-4,6-7,16-17H,5,8-14H2,1H3,(H,24,25). The molecule has 152 valence electrons. The molecule has 1 aromatic rings. The molecule has 2 aliphatic rings. The molecule has 0 radical (unpaired) electrons. The molecule has 2 aliphatic heterocycles. The van der Waals surface area contributed by atoms with Gasteiger partial charge in [0.05, 0.1) is 19.3 Å². The average Bonchev–Trinajstić information content (AvgIpc) is 3.16. The fraction of sp³-hybridized carbons (Fsp3) is 0.550. The first-order chi connectivity index (χ1) is 13.5. The molecule has 2 saturated heterocycles. The van der Waals surface area contributed by atoms with E-state index < -0.39 is 12.0 Å². The van der Waals surface area contributed by atoms with Gasteiger partial charge in [-0.15, -0.1) is 0 Å². The second-order valence-corrected chi connectivity index (χ2v) is 7.39. The van der Waals surface area contributed by atoms with Crippen LogP contribution in [0.5, 0.6) is 0 Å². The Bertz CT molecular complexity index is 711. The Morgan fingerprint density at radius 2 is 1.96 bits per heavy atom. The van der Waals surface area contributed by atoms with E-state index >= 15 is 0 Å². The van der Waals surface area contributed by atoms with Crippen LogP contribution in [0.2, 0.25) is 0 Å². The van der Waals surface area contributed by atoms with Crippen LogP contribution in [0.3, 0.4) is 0 Å². The van der Waals surface area contributed by atoms with E-state index in [0.29, 0.717) is 44.8 Å². The lowest BCUT2D eigenvalue weighted by molar-refractivity contribution is -0.145. The highest BCUT2D eigenvalue weighted by Gasteiger charge is 2.38. The van der Waals surface area contributed by atoms with Crippen molar-refractivity contribution in [1.29, 1.82) is 0 Å². The number of rotatable bonds is 6. The first kappa shape index (κ1) is 20.3. The smallest absolute Gasteiger partial charge is 0.317 e. The summed E-state index contributed by atoms with van der Waals surface area (Å²) in [6, 6.07) is 8.60. The maximum absolute atomic E-state index is 13.1. The molecule has 1 aromatic carbocycles. The lowest BCUT2D eigenvalue weighted by atomic mass is 10.1. The third-order valence-corrected chi connectivity index (χ3v) is 5.19. The van der Waals surface area contributed by atoms with Crippen molar-refractivity contribution in [3.8, 4) is 0 Å². The zero-order valence-electron chi connectivity index (χ0n) is 16.1. The summed E-state index contributed by atoms with van der Waals surface area (Å²) in [6.45, 7) is 2.26. The van der Waals surface area contributed by atoms with Crippen LogP contribution < -0.4 is 0 Å². The highest BCUT2D eigenvalue weighted by atomic mass is 16.5. The van der Waals surface area contributed by atoms with Crippen molar-refractivity contribution in [1.82, 2.24) is 14.7 Å². The van der Waals surface area contributed by atoms with Crippen LogP contribution in [0.4, 0.5) is 0 Å². The fourth-order valence-corrected chi connectivity index (χ4v) is 3.90. The number of hydrogen-bond donors (Lipinski definition) is 1. The lowest BCUT2D eigenvalue weighted by Crippen LogP contribution is -2.54. The molecule has 3 rings (SSSR count). The molecule has 8 nitrogen and oxygen atoms in total. The van der Waals surface area contributed by atoms with Crippen LogP contribution >= 0.6 is 0 Å². The number of carbonyl (C=O) groups is 3. The Hall–Kier alpha value is -2.45. The summed E-state index contributed by atoms with van der Waals surface area (Å²) < 4.78 is 5.71. The number of ether oxygens (including phenoxy) is 1. The molecule has 8 heteroatoms. The molecule has 0 aliphatic carbocycles. The second kappa shape index (κ2) is 9.16. The van der Waals surface area contributed by atoms with E-state index in [1.54, 1.807) is 33.9 Å². The summed E-state index contributed by atoms with van der Waals surface area (Å²) in [5, 5.41) is 8.89. The van der Waals surface area contributed by atoms with Crippen molar-refractivity contribution < 1.29 is 24.2 Å². The van der Waals surface area contributed by atoms with E-state index in [2.05, 4.69) is 0 Å². The first-order valence-electron chi connectivity index (χ1n) is 9.62. The minimum atomic E-state index is -0.896. The summed E-state index contributed by atoms with van der Waals surface area (Å²) in [4.78, 5) is 41.9. The van der Waals surface area contributed by atoms with E-state index in [0.717, 1.165) is 6.42 Å². The van der Waals surface area contributed by atoms with Crippen molar-refractivity contribution in [2.24, 2.45) is 0 Å². The van der Waals surface area contributed by atoms with E-state index in [1.165, 1.54) is 0 Å². The number of benzene rings is 1. The third kappa shape index (κ3) is 4.88. The van der Waals surface area contributed by atoms with Crippen molar-refractivity contribution in [3.05, 3.63) is 35.9 Å². The zero-order valence-corrected chi connectivity index (χ0v) is 16.1. The van der Waals surface area contributed by atoms with Gasteiger partial charge in [-0.1, -0.05) is 18.2 Å². The van der Waals surface area contributed by atoms with Gasteiger partial charge in [-0.3, -0.25) is 19.3 Å². The SMILES string of the molecule is CN(CC(=O)O)CC1CN(C(=O)C2CCCN2C(=O)c2ccccc2)CCO1. The zero-order chi connectivity index (χ0) is 20.1. The molecular weight excluding hydrogens is 362 g/mol. The van der Waals surface area contributed by atoms with Crippen LogP contribution in [-0.2, 0) is 14.3 Å². The van der Waals surface area contributed by atoms with Crippen LogP contribution in [-0.4, -0.2) is 96.1 Å². The highest BCUT2D eigenvalue weighted by molar-refractivity contribution is 5.98. The van der Waals surface area contributed by atoms with Crippen molar-refractivity contribution in [2.75, 3.05) is 46.4 Å². The maximum Gasteiger partial charge on any atom is 0.317 e. The molecule has 2 fully saturated rings. The van der Waals surface area contributed by atoms with Gasteiger partial charge < -0.3 is 19.6 Å². The van der Waals surface area contributed by atoms with Gasteiger partial charge in [0, 0.05) is 31.7 Å². The summed E-state index contributed by atoms with van der Waals surface area (Å²) in [7, 11) is 1.72. The van der Waals surface area contributed by atoms with Crippen LogP contribution in [0.25, 0.3) is 0 Å². The van der Waals surface area contributed by atoms with E-state index in [1.807, 2.05) is 18.2 Å². The minimum Gasteiger partial charge on any atom is -0.480 e. The molecular formula is C20H27N3O5. The number of carboxylic acids is 1. The van der Waals surface area contributed by atoms with Gasteiger partial charge in [0.25, 0.3) is 5.91 Å². The molecule has 2 atom stereocenters. The Labute approximate surface area is 164 Å². The average molecular weight is 389 g/mol. The molecule has 0 aromatic heterocycles. The van der Waals surface area contributed by atoms with Crippen molar-refractivity contribution in [2.45, 2.75) is 25.0 Å². The molecule has 0 saturated carbocycles. The number of carboxylic acid groups (broad SMARTS) is 1. The molecule has 0 bridgehead atoms. The Morgan fingerprint density at radius 3 is 2.68 bits per heavy atom. The number of nitrogens with zero attached hydrogens (tertiary/aromatic N) is 3. The number of likely N-dealkylation sites (N-methyl/N-ethyl adjacent to an activating group) is 1. The van der Waals surface area contributed by atoms with E-state index in [9.17, 15) is 14.4 Å². The van der Waals surface area contributed by atoms with Crippen LogP contribution in [0.1, 0.15) is 23.2 Å². The van der Waals surface area contributed by atoms with Gasteiger partial charge in [-0.2, -0.15) is 0 Å². The second-order valence-electron chi connectivity index (χ2n) is 7.39. The molecule has 2 unspecified atom stereocenters.